The first-order valence-corrected chi connectivity index (χ1v) is 15.2. The number of halogens is 3. The van der Waals surface area contributed by atoms with Gasteiger partial charge in [-0.25, -0.2) is 0 Å². The lowest BCUT2D eigenvalue weighted by Gasteiger charge is -2.66. The van der Waals surface area contributed by atoms with Crippen LogP contribution in [0.25, 0.3) is 0 Å². The van der Waals surface area contributed by atoms with Crippen LogP contribution in [0.2, 0.25) is 0 Å². The van der Waals surface area contributed by atoms with Crippen molar-refractivity contribution in [3.63, 3.8) is 0 Å². The van der Waals surface area contributed by atoms with E-state index in [1.54, 1.807) is 27.9 Å². The number of ether oxygens (including phenoxy) is 8. The van der Waals surface area contributed by atoms with Crippen LogP contribution in [0, 0.1) is 29.1 Å². The van der Waals surface area contributed by atoms with Gasteiger partial charge in [-0.05, 0) is 57.8 Å². The highest BCUT2D eigenvalue weighted by atomic mass is 19.4. The maximum Gasteiger partial charge on any atom is 0.414 e. The molecule has 13 heteroatoms. The van der Waals surface area contributed by atoms with Crippen molar-refractivity contribution in [2.24, 2.45) is 29.1 Å². The fourth-order valence-corrected chi connectivity index (χ4v) is 9.29. The number of hydrogen-bond donors (Lipinski definition) is 2. The molecule has 0 saturated heterocycles. The molecule has 0 aromatic rings. The Balaban J connectivity index is 1.83. The van der Waals surface area contributed by atoms with E-state index in [0.717, 1.165) is 0 Å². The van der Waals surface area contributed by atoms with E-state index < -0.39 is 58.7 Å². The molecule has 11 atom stereocenters. The number of aliphatic hydroxyl groups is 2. The molecule has 4 saturated carbocycles. The molecular weight excluding hydrogens is 577 g/mol. The summed E-state index contributed by atoms with van der Waals surface area (Å²) in [5, 5.41) is 23.0. The first-order valence-electron chi connectivity index (χ1n) is 15.2. The fraction of sp³-hybridized carbons (Fsp3) is 1.00. The van der Waals surface area contributed by atoms with Crippen molar-refractivity contribution in [3.05, 3.63) is 0 Å². The van der Waals surface area contributed by atoms with Gasteiger partial charge in [-0.3, -0.25) is 0 Å². The van der Waals surface area contributed by atoms with E-state index in [0.29, 0.717) is 32.1 Å². The second kappa shape index (κ2) is 13.2. The zero-order valence-electron chi connectivity index (χ0n) is 26.5. The summed E-state index contributed by atoms with van der Waals surface area (Å²) in [6, 6.07) is 0. The monoisotopic (exact) mass is 628 g/mol. The van der Waals surface area contributed by atoms with Gasteiger partial charge in [0.05, 0.1) is 29.5 Å². The van der Waals surface area contributed by atoms with Gasteiger partial charge < -0.3 is 48.1 Å². The average molecular weight is 629 g/mol. The van der Waals surface area contributed by atoms with Gasteiger partial charge in [0.1, 0.15) is 20.4 Å². The van der Waals surface area contributed by atoms with Crippen LogP contribution >= 0.6 is 0 Å². The highest BCUT2D eigenvalue weighted by Gasteiger charge is 2.74. The molecule has 43 heavy (non-hydrogen) atoms. The molecule has 0 aromatic carbocycles. The Bertz CT molecular complexity index is 923. The number of alkyl halides is 3. The van der Waals surface area contributed by atoms with Crippen molar-refractivity contribution >= 4 is 0 Å². The van der Waals surface area contributed by atoms with Crippen molar-refractivity contribution in [1.29, 1.82) is 0 Å². The van der Waals surface area contributed by atoms with Crippen molar-refractivity contribution in [3.8, 4) is 0 Å². The van der Waals surface area contributed by atoms with E-state index in [4.69, 9.17) is 37.9 Å². The first-order chi connectivity index (χ1) is 20.1. The van der Waals surface area contributed by atoms with Crippen molar-refractivity contribution < 1.29 is 61.3 Å². The zero-order chi connectivity index (χ0) is 31.8. The second-order valence-electron chi connectivity index (χ2n) is 13.6. The van der Waals surface area contributed by atoms with Crippen molar-refractivity contribution in [2.75, 3.05) is 48.8 Å². The molecule has 4 aliphatic carbocycles. The normalized spacial score (nSPS) is 42.3. The van der Waals surface area contributed by atoms with Crippen LogP contribution in [-0.4, -0.2) is 107 Å². The summed E-state index contributed by atoms with van der Waals surface area (Å²) in [5.74, 6) is -3.29. The van der Waals surface area contributed by atoms with Crippen LogP contribution < -0.4 is 0 Å². The third-order valence-corrected chi connectivity index (χ3v) is 11.0. The molecule has 0 bridgehead atoms. The molecule has 252 valence electrons. The third kappa shape index (κ3) is 6.50. The standard InChI is InChI=1S/C30H51F3O10/c1-26(2,39-7)43-21-12-18(40-15-36-4)13-28(35)10-8-19-23(24(21)28)22(41-16-37-5)14-27(3)20(25(34)30(31,32)33)9-11-29(19,27)42-17-38-6/h18-25,34-35H,8-17H2,1-7H3/t18-,19?,20+,21+,22+,23?,24?,25?,27+,28-,29-/m0/s1. The predicted molar refractivity (Wildman–Crippen MR) is 147 cm³/mol. The van der Waals surface area contributed by atoms with Gasteiger partial charge in [-0.1, -0.05) is 6.92 Å². The maximum absolute atomic E-state index is 14.0. The first kappa shape index (κ1) is 35.2. The van der Waals surface area contributed by atoms with Gasteiger partial charge in [0.15, 0.2) is 11.9 Å². The second-order valence-corrected chi connectivity index (χ2v) is 13.6. The fourth-order valence-electron chi connectivity index (χ4n) is 9.29. The lowest BCUT2D eigenvalue weighted by molar-refractivity contribution is -0.330. The largest absolute Gasteiger partial charge is 0.414 e. The van der Waals surface area contributed by atoms with Crippen LogP contribution in [0.15, 0.2) is 0 Å². The highest BCUT2D eigenvalue weighted by molar-refractivity contribution is 5.22. The number of aliphatic hydroxyl groups excluding tert-OH is 1. The molecule has 0 amide bonds. The summed E-state index contributed by atoms with van der Waals surface area (Å²) in [4.78, 5) is 0. The summed E-state index contributed by atoms with van der Waals surface area (Å²) in [5.41, 5.74) is -3.40. The Hall–Kier alpha value is -0.610. The van der Waals surface area contributed by atoms with Crippen molar-refractivity contribution in [2.45, 2.75) is 113 Å². The topological polar surface area (TPSA) is 114 Å². The maximum atomic E-state index is 14.0. The van der Waals surface area contributed by atoms with Gasteiger partial charge >= 0.3 is 6.18 Å². The Morgan fingerprint density at radius 1 is 0.884 bits per heavy atom. The van der Waals surface area contributed by atoms with Crippen molar-refractivity contribution in [1.82, 2.24) is 0 Å². The van der Waals surface area contributed by atoms with Gasteiger partial charge in [0.25, 0.3) is 0 Å². The van der Waals surface area contributed by atoms with E-state index in [-0.39, 0.29) is 51.2 Å². The number of methoxy groups -OCH3 is 4. The Labute approximate surface area is 252 Å². The van der Waals surface area contributed by atoms with E-state index >= 15 is 0 Å². The molecule has 4 fully saturated rings. The van der Waals surface area contributed by atoms with Crippen LogP contribution in [0.5, 0.6) is 0 Å². The molecule has 4 rings (SSSR count). The van der Waals surface area contributed by atoms with Gasteiger partial charge in [-0.2, -0.15) is 13.2 Å². The molecule has 2 N–H and O–H groups in total. The minimum absolute atomic E-state index is 0.0622. The van der Waals surface area contributed by atoms with E-state index in [1.165, 1.54) is 21.3 Å². The van der Waals surface area contributed by atoms with E-state index in [9.17, 15) is 23.4 Å². The Morgan fingerprint density at radius 3 is 2.14 bits per heavy atom. The summed E-state index contributed by atoms with van der Waals surface area (Å²) in [6.45, 7) is 5.25. The molecule has 0 aromatic heterocycles. The lowest BCUT2D eigenvalue weighted by atomic mass is 9.45. The number of fused-ring (bicyclic) bond motifs is 5. The summed E-state index contributed by atoms with van der Waals surface area (Å²) in [6.07, 6.45) is -6.60. The highest BCUT2D eigenvalue weighted by Crippen LogP contribution is 2.69. The summed E-state index contributed by atoms with van der Waals surface area (Å²) >= 11 is 0. The van der Waals surface area contributed by atoms with Gasteiger partial charge in [-0.15, -0.1) is 0 Å². The predicted octanol–water partition coefficient (Wildman–Crippen LogP) is 4.00. The Morgan fingerprint density at radius 2 is 1.53 bits per heavy atom. The van der Waals surface area contributed by atoms with Gasteiger partial charge in [0.2, 0.25) is 0 Å². The SMILES string of the molecule is COCO[C@H]1C[C@@H](OC(C)(C)OC)C2C3C(CC[C@]2(O)C1)[C@@]1(OCOC)CC[C@H](C(O)C(F)(F)F)[C@@]1(C)C[C@H]3OCOC. The number of rotatable bonds is 13. The summed E-state index contributed by atoms with van der Waals surface area (Å²) in [7, 11) is 6.05. The molecule has 4 aliphatic rings. The van der Waals surface area contributed by atoms with E-state index in [1.807, 2.05) is 0 Å². The minimum atomic E-state index is -4.79. The molecule has 0 spiro atoms. The molecule has 0 heterocycles. The molecule has 4 unspecified atom stereocenters. The zero-order valence-corrected chi connectivity index (χ0v) is 26.5. The quantitative estimate of drug-likeness (QED) is 0.290. The average Bonchev–Trinajstić information content (AvgIpc) is 3.23. The molecule has 10 nitrogen and oxygen atoms in total. The summed E-state index contributed by atoms with van der Waals surface area (Å²) < 4.78 is 88.9. The number of hydrogen-bond acceptors (Lipinski definition) is 10. The third-order valence-electron chi connectivity index (χ3n) is 11.0. The Kier molecular flexibility index (Phi) is 10.9. The van der Waals surface area contributed by atoms with Gasteiger partial charge in [0, 0.05) is 58.5 Å². The molecule has 0 radical (unpaired) electrons. The molecule has 0 aliphatic heterocycles. The lowest BCUT2D eigenvalue weighted by Crippen LogP contribution is -2.71. The smallest absolute Gasteiger partial charge is 0.389 e. The minimum Gasteiger partial charge on any atom is -0.389 e. The van der Waals surface area contributed by atoms with Crippen LogP contribution in [0.3, 0.4) is 0 Å². The van der Waals surface area contributed by atoms with Crippen LogP contribution in [0.1, 0.15) is 65.7 Å². The van der Waals surface area contributed by atoms with E-state index in [2.05, 4.69) is 0 Å². The van der Waals surface area contributed by atoms with Crippen LogP contribution in [0.4, 0.5) is 13.2 Å². The van der Waals surface area contributed by atoms with Crippen LogP contribution in [-0.2, 0) is 37.9 Å². The molecular formula is C30H51F3O10.